The number of aromatic amines is 2. The Morgan fingerprint density at radius 3 is 1.70 bits per heavy atom. The molecule has 2 aliphatic rings. The number of benzene rings is 1. The lowest BCUT2D eigenvalue weighted by atomic mass is 9.56. The van der Waals surface area contributed by atoms with E-state index in [4.69, 9.17) is 0 Å². The summed E-state index contributed by atoms with van der Waals surface area (Å²) in [7, 11) is 0. The number of rotatable bonds is 2. The number of hydrogen-bond acceptors (Lipinski definition) is 5. The van der Waals surface area contributed by atoms with Crippen LogP contribution in [0.3, 0.4) is 0 Å². The van der Waals surface area contributed by atoms with Crippen LogP contribution in [0.25, 0.3) is 0 Å². The van der Waals surface area contributed by atoms with E-state index in [-0.39, 0.29) is 30.2 Å². The molecule has 5 rings (SSSR count). The second-order valence-electron chi connectivity index (χ2n) is 7.07. The van der Waals surface area contributed by atoms with Crippen molar-refractivity contribution in [2.24, 2.45) is 5.41 Å². The van der Waals surface area contributed by atoms with Crippen LogP contribution in [0.4, 0.5) is 0 Å². The zero-order chi connectivity index (χ0) is 18.6. The monoisotopic (exact) mass is 360 g/mol. The molecule has 3 aromatic rings. The smallest absolute Gasteiger partial charge is 0.179 e. The SMILES string of the molecule is O=C1C[C@H](c2ncc[nH]2)C2(C(=O)c3ccccc3C2=O)[C@H](c2ncc[nH]2)C1. The lowest BCUT2D eigenvalue weighted by Gasteiger charge is -2.42. The third kappa shape index (κ3) is 1.99. The molecule has 27 heavy (non-hydrogen) atoms. The van der Waals surface area contributed by atoms with Crippen molar-refractivity contribution >= 4 is 17.3 Å². The molecule has 2 aliphatic carbocycles. The van der Waals surface area contributed by atoms with Crippen molar-refractivity contribution in [1.82, 2.24) is 19.9 Å². The van der Waals surface area contributed by atoms with Gasteiger partial charge in [-0.05, 0) is 0 Å². The lowest BCUT2D eigenvalue weighted by Crippen LogP contribution is -2.50. The molecule has 2 N–H and O–H groups in total. The van der Waals surface area contributed by atoms with Crippen LogP contribution in [0.5, 0.6) is 0 Å². The zero-order valence-corrected chi connectivity index (χ0v) is 14.3. The second-order valence-corrected chi connectivity index (χ2v) is 7.07. The van der Waals surface area contributed by atoms with Crippen molar-refractivity contribution in [3.05, 3.63) is 71.8 Å². The van der Waals surface area contributed by atoms with Gasteiger partial charge in [0, 0.05) is 60.6 Å². The Labute approximate surface area is 154 Å². The molecule has 7 heteroatoms. The summed E-state index contributed by atoms with van der Waals surface area (Å²) in [6, 6.07) is 6.86. The summed E-state index contributed by atoms with van der Waals surface area (Å²) in [4.78, 5) is 54.6. The van der Waals surface area contributed by atoms with Gasteiger partial charge in [0.05, 0.1) is 0 Å². The van der Waals surface area contributed by atoms with Crippen molar-refractivity contribution in [2.75, 3.05) is 0 Å². The number of fused-ring (bicyclic) bond motifs is 1. The maximum absolute atomic E-state index is 13.7. The van der Waals surface area contributed by atoms with Crippen LogP contribution in [0.2, 0.25) is 0 Å². The van der Waals surface area contributed by atoms with Crippen LogP contribution < -0.4 is 0 Å². The number of Topliss-reactive ketones (excluding diaryl/α,β-unsaturated/α-hetero) is 3. The van der Waals surface area contributed by atoms with Gasteiger partial charge in [-0.3, -0.25) is 14.4 Å². The minimum Gasteiger partial charge on any atom is -0.348 e. The van der Waals surface area contributed by atoms with E-state index in [0.717, 1.165) is 0 Å². The van der Waals surface area contributed by atoms with Crippen LogP contribution in [-0.2, 0) is 4.79 Å². The van der Waals surface area contributed by atoms with Crippen molar-refractivity contribution < 1.29 is 14.4 Å². The molecule has 0 saturated heterocycles. The van der Waals surface area contributed by atoms with Crippen molar-refractivity contribution in [2.45, 2.75) is 24.7 Å². The summed E-state index contributed by atoms with van der Waals surface area (Å²) in [6.07, 6.45) is 6.61. The van der Waals surface area contributed by atoms with Gasteiger partial charge < -0.3 is 9.97 Å². The number of nitrogens with one attached hydrogen (secondary N) is 2. The summed E-state index contributed by atoms with van der Waals surface area (Å²) in [6.45, 7) is 0. The predicted octanol–water partition coefficient (Wildman–Crippen LogP) is 2.43. The maximum Gasteiger partial charge on any atom is 0.179 e. The first-order valence-electron chi connectivity index (χ1n) is 8.83. The Bertz CT molecular complexity index is 970. The van der Waals surface area contributed by atoms with Crippen molar-refractivity contribution in [3.8, 4) is 0 Å². The van der Waals surface area contributed by atoms with E-state index in [1.165, 1.54) is 0 Å². The first-order chi connectivity index (χ1) is 13.1. The fraction of sp³-hybridized carbons (Fsp3) is 0.250. The number of H-pyrrole nitrogens is 2. The lowest BCUT2D eigenvalue weighted by molar-refractivity contribution is -0.122. The summed E-state index contributed by atoms with van der Waals surface area (Å²) >= 11 is 0. The van der Waals surface area contributed by atoms with E-state index in [9.17, 15) is 14.4 Å². The van der Waals surface area contributed by atoms with Crippen molar-refractivity contribution in [1.29, 1.82) is 0 Å². The highest BCUT2D eigenvalue weighted by Gasteiger charge is 2.65. The molecule has 1 fully saturated rings. The number of nitrogens with zero attached hydrogens (tertiary/aromatic N) is 2. The largest absolute Gasteiger partial charge is 0.348 e. The topological polar surface area (TPSA) is 109 Å². The van der Waals surface area contributed by atoms with Crippen LogP contribution >= 0.6 is 0 Å². The minimum absolute atomic E-state index is 0.0139. The summed E-state index contributed by atoms with van der Waals surface area (Å²) in [5, 5.41) is 0. The number of hydrogen-bond donors (Lipinski definition) is 2. The fourth-order valence-electron chi connectivity index (χ4n) is 4.73. The molecule has 2 atom stereocenters. The molecule has 0 amide bonds. The highest BCUT2D eigenvalue weighted by Crippen LogP contribution is 2.59. The van der Waals surface area contributed by atoms with Gasteiger partial charge in [0.2, 0.25) is 0 Å². The maximum atomic E-state index is 13.7. The van der Waals surface area contributed by atoms with Gasteiger partial charge in [0.1, 0.15) is 22.8 Å². The number of carbonyl (C=O) groups is 3. The molecule has 134 valence electrons. The molecule has 0 aliphatic heterocycles. The first-order valence-corrected chi connectivity index (χ1v) is 8.83. The molecule has 1 saturated carbocycles. The predicted molar refractivity (Wildman–Crippen MR) is 94.4 cm³/mol. The molecule has 1 spiro atoms. The highest BCUT2D eigenvalue weighted by molar-refractivity contribution is 6.31. The van der Waals surface area contributed by atoms with Crippen molar-refractivity contribution in [3.63, 3.8) is 0 Å². The first kappa shape index (κ1) is 15.9. The van der Waals surface area contributed by atoms with Gasteiger partial charge in [0.15, 0.2) is 11.6 Å². The average molecular weight is 360 g/mol. The number of imidazole rings is 2. The Morgan fingerprint density at radius 2 is 1.30 bits per heavy atom. The van der Waals surface area contributed by atoms with Crippen LogP contribution in [0.1, 0.15) is 57.0 Å². The van der Waals surface area contributed by atoms with Gasteiger partial charge in [0.25, 0.3) is 0 Å². The van der Waals surface area contributed by atoms with E-state index < -0.39 is 17.3 Å². The molecule has 7 nitrogen and oxygen atoms in total. The van der Waals surface area contributed by atoms with Gasteiger partial charge >= 0.3 is 0 Å². The fourth-order valence-corrected chi connectivity index (χ4v) is 4.73. The third-order valence-corrected chi connectivity index (χ3v) is 5.83. The van der Waals surface area contributed by atoms with Gasteiger partial charge in [-0.15, -0.1) is 0 Å². The Balaban J connectivity index is 1.79. The molecular formula is C20H16N4O3. The second kappa shape index (κ2) is 5.57. The molecular weight excluding hydrogens is 344 g/mol. The molecule has 1 aromatic carbocycles. The van der Waals surface area contributed by atoms with E-state index in [1.807, 2.05) is 0 Å². The quantitative estimate of drug-likeness (QED) is 0.682. The summed E-state index contributed by atoms with van der Waals surface area (Å²) in [5.41, 5.74) is -0.609. The summed E-state index contributed by atoms with van der Waals surface area (Å²) in [5.74, 6) is -0.868. The van der Waals surface area contributed by atoms with Crippen LogP contribution in [0.15, 0.2) is 49.1 Å². The standard InChI is InChI=1S/C20H16N4O3/c25-11-9-14(18-21-5-6-22-18)20(15(10-11)19-23-7-8-24-19)16(26)12-3-1-2-4-13(12)17(20)27/h1-8,14-15H,9-10H2,(H,21,22)(H,23,24)/t14-,15+. The Kier molecular flexibility index (Phi) is 3.28. The minimum atomic E-state index is -1.42. The van der Waals surface area contributed by atoms with Gasteiger partial charge in [-0.25, -0.2) is 9.97 Å². The number of ketones is 3. The van der Waals surface area contributed by atoms with Gasteiger partial charge in [-0.2, -0.15) is 0 Å². The van der Waals surface area contributed by atoms with E-state index >= 15 is 0 Å². The van der Waals surface area contributed by atoms with Gasteiger partial charge in [-0.1, -0.05) is 24.3 Å². The van der Waals surface area contributed by atoms with E-state index in [1.54, 1.807) is 49.1 Å². The number of carbonyl (C=O) groups excluding carboxylic acids is 3. The average Bonchev–Trinajstić information content (AvgIpc) is 3.42. The normalized spacial score (nSPS) is 23.8. The van der Waals surface area contributed by atoms with E-state index in [2.05, 4.69) is 19.9 Å². The van der Waals surface area contributed by atoms with Crippen LogP contribution in [-0.4, -0.2) is 37.3 Å². The van der Waals surface area contributed by atoms with Crippen LogP contribution in [0, 0.1) is 5.41 Å². The summed E-state index contributed by atoms with van der Waals surface area (Å²) < 4.78 is 0. The van der Waals surface area contributed by atoms with E-state index in [0.29, 0.717) is 22.8 Å². The molecule has 2 aromatic heterocycles. The molecule has 0 bridgehead atoms. The Morgan fingerprint density at radius 1 is 0.815 bits per heavy atom. The zero-order valence-electron chi connectivity index (χ0n) is 14.3. The molecule has 2 heterocycles. The Hall–Kier alpha value is -3.35. The third-order valence-electron chi connectivity index (χ3n) is 5.83. The number of aromatic nitrogens is 4. The molecule has 0 radical (unpaired) electrons. The highest BCUT2D eigenvalue weighted by atomic mass is 16.2. The molecule has 0 unspecified atom stereocenters.